The fourth-order valence-electron chi connectivity index (χ4n) is 4.18. The number of rotatable bonds is 12. The quantitative estimate of drug-likeness (QED) is 0.303. The van der Waals surface area contributed by atoms with E-state index in [-0.39, 0.29) is 34.0 Å². The van der Waals surface area contributed by atoms with Crippen LogP contribution in [-0.4, -0.2) is 51.4 Å². The molecule has 8 nitrogen and oxygen atoms in total. The molecular formula is C31H38ClN3O5S. The summed E-state index contributed by atoms with van der Waals surface area (Å²) in [5.41, 5.74) is 2.89. The first kappa shape index (κ1) is 32.0. The molecule has 0 radical (unpaired) electrons. The summed E-state index contributed by atoms with van der Waals surface area (Å²) >= 11 is 6.37. The number of benzene rings is 3. The summed E-state index contributed by atoms with van der Waals surface area (Å²) in [6.07, 6.45) is 0. The maximum Gasteiger partial charge on any atom is 0.264 e. The number of ether oxygens (including phenoxy) is 1. The van der Waals surface area contributed by atoms with Crippen molar-refractivity contribution in [3.63, 3.8) is 0 Å². The van der Waals surface area contributed by atoms with Gasteiger partial charge in [0.2, 0.25) is 11.8 Å². The van der Waals surface area contributed by atoms with Gasteiger partial charge in [0.15, 0.2) is 0 Å². The molecule has 41 heavy (non-hydrogen) atoms. The number of halogens is 1. The van der Waals surface area contributed by atoms with E-state index < -0.39 is 28.5 Å². The Morgan fingerprint density at radius 2 is 1.63 bits per heavy atom. The maximum atomic E-state index is 14.0. The van der Waals surface area contributed by atoms with E-state index in [1.165, 1.54) is 36.3 Å². The van der Waals surface area contributed by atoms with Gasteiger partial charge >= 0.3 is 0 Å². The number of anilines is 1. The molecule has 3 rings (SSSR count). The molecule has 2 amide bonds. The van der Waals surface area contributed by atoms with E-state index in [2.05, 4.69) is 5.32 Å². The second kappa shape index (κ2) is 13.9. The third-order valence-electron chi connectivity index (χ3n) is 6.76. The van der Waals surface area contributed by atoms with Gasteiger partial charge in [-0.25, -0.2) is 8.42 Å². The second-order valence-corrected chi connectivity index (χ2v) is 12.7. The molecule has 1 N–H and O–H groups in total. The van der Waals surface area contributed by atoms with Crippen molar-refractivity contribution >= 4 is 39.1 Å². The van der Waals surface area contributed by atoms with Crippen molar-refractivity contribution in [3.8, 4) is 5.75 Å². The van der Waals surface area contributed by atoms with Crippen molar-refractivity contribution in [3.05, 3.63) is 88.4 Å². The van der Waals surface area contributed by atoms with Crippen LogP contribution in [0.1, 0.15) is 37.5 Å². The maximum absolute atomic E-state index is 14.0. The minimum absolute atomic E-state index is 0.0241. The number of carbonyl (C=O) groups is 2. The van der Waals surface area contributed by atoms with Crippen LogP contribution in [0, 0.1) is 19.8 Å². The highest BCUT2D eigenvalue weighted by atomic mass is 35.5. The number of hydrogen-bond acceptors (Lipinski definition) is 5. The Bertz CT molecular complexity index is 1480. The predicted octanol–water partition coefficient (Wildman–Crippen LogP) is 5.35. The summed E-state index contributed by atoms with van der Waals surface area (Å²) in [5, 5.41) is 3.08. The predicted molar refractivity (Wildman–Crippen MR) is 163 cm³/mol. The molecule has 3 aromatic rings. The third-order valence-corrected chi connectivity index (χ3v) is 8.85. The summed E-state index contributed by atoms with van der Waals surface area (Å²) in [5.74, 6) is -0.267. The number of methoxy groups -OCH3 is 1. The number of nitrogens with zero attached hydrogens (tertiary/aromatic N) is 2. The van der Waals surface area contributed by atoms with Crippen molar-refractivity contribution in [2.45, 2.75) is 52.1 Å². The first-order valence-electron chi connectivity index (χ1n) is 13.4. The van der Waals surface area contributed by atoms with Gasteiger partial charge in [-0.05, 0) is 68.1 Å². The first-order valence-corrected chi connectivity index (χ1v) is 15.2. The van der Waals surface area contributed by atoms with Crippen LogP contribution in [0.2, 0.25) is 5.02 Å². The summed E-state index contributed by atoms with van der Waals surface area (Å²) < 4.78 is 34.2. The van der Waals surface area contributed by atoms with E-state index in [1.54, 1.807) is 25.1 Å². The monoisotopic (exact) mass is 599 g/mol. The molecule has 0 unspecified atom stereocenters. The van der Waals surface area contributed by atoms with Crippen molar-refractivity contribution in [1.29, 1.82) is 0 Å². The van der Waals surface area contributed by atoms with Gasteiger partial charge < -0.3 is 15.0 Å². The number of nitrogens with one attached hydrogen (secondary N) is 1. The summed E-state index contributed by atoms with van der Waals surface area (Å²) in [7, 11) is -2.74. The molecule has 0 heterocycles. The van der Waals surface area contributed by atoms with Crippen LogP contribution in [0.15, 0.2) is 71.6 Å². The lowest BCUT2D eigenvalue weighted by atomic mass is 10.1. The van der Waals surface area contributed by atoms with Crippen molar-refractivity contribution < 1.29 is 22.7 Å². The zero-order valence-electron chi connectivity index (χ0n) is 24.3. The Hall–Kier alpha value is -3.56. The Balaban J connectivity index is 2.06. The molecule has 0 aromatic heterocycles. The summed E-state index contributed by atoms with van der Waals surface area (Å²) in [4.78, 5) is 28.6. The Morgan fingerprint density at radius 3 is 2.22 bits per heavy atom. The SMILES string of the molecule is COc1ccc(N(CC(=O)N(Cc2ccccc2C)[C@H](C)C(=O)NCC(C)C)S(=O)(=O)c2ccc(C)cc2)cc1Cl. The van der Waals surface area contributed by atoms with Crippen molar-refractivity contribution in [2.75, 3.05) is 24.5 Å². The average molecular weight is 600 g/mol. The molecule has 0 bridgehead atoms. The molecule has 0 aliphatic rings. The van der Waals surface area contributed by atoms with E-state index >= 15 is 0 Å². The molecule has 0 spiro atoms. The molecule has 0 saturated heterocycles. The topological polar surface area (TPSA) is 96.0 Å². The molecule has 0 aliphatic carbocycles. The van der Waals surface area contributed by atoms with E-state index in [1.807, 2.05) is 52.0 Å². The van der Waals surface area contributed by atoms with Crippen LogP contribution >= 0.6 is 11.6 Å². The van der Waals surface area contributed by atoms with Gasteiger partial charge in [-0.15, -0.1) is 0 Å². The highest BCUT2D eigenvalue weighted by Crippen LogP contribution is 2.32. The number of carbonyl (C=O) groups excluding carboxylic acids is 2. The highest BCUT2D eigenvalue weighted by molar-refractivity contribution is 7.92. The highest BCUT2D eigenvalue weighted by Gasteiger charge is 2.33. The van der Waals surface area contributed by atoms with Crippen LogP contribution in [-0.2, 0) is 26.2 Å². The van der Waals surface area contributed by atoms with Gasteiger partial charge in [0.05, 0.1) is 22.7 Å². The summed E-state index contributed by atoms with van der Waals surface area (Å²) in [6.45, 7) is 9.42. The molecule has 0 fully saturated rings. The van der Waals surface area contributed by atoms with Gasteiger partial charge in [-0.1, -0.05) is 67.4 Å². The molecule has 3 aromatic carbocycles. The minimum Gasteiger partial charge on any atom is -0.495 e. The number of sulfonamides is 1. The van der Waals surface area contributed by atoms with Gasteiger partial charge in [-0.3, -0.25) is 13.9 Å². The zero-order valence-corrected chi connectivity index (χ0v) is 25.9. The van der Waals surface area contributed by atoms with Crippen LogP contribution in [0.5, 0.6) is 5.75 Å². The number of amides is 2. The second-order valence-electron chi connectivity index (χ2n) is 10.4. The molecule has 0 saturated carbocycles. The minimum atomic E-state index is -4.20. The van der Waals surface area contributed by atoms with E-state index in [4.69, 9.17) is 16.3 Å². The van der Waals surface area contributed by atoms with Crippen LogP contribution in [0.25, 0.3) is 0 Å². The fourth-order valence-corrected chi connectivity index (χ4v) is 5.84. The van der Waals surface area contributed by atoms with Crippen molar-refractivity contribution in [1.82, 2.24) is 10.2 Å². The fraction of sp³-hybridized carbons (Fsp3) is 0.355. The molecule has 1 atom stereocenters. The standard InChI is InChI=1S/C31H38ClN3O5S/c1-21(2)18-33-31(37)24(5)34(19-25-10-8-7-9-23(25)4)30(36)20-35(26-13-16-29(40-6)28(32)17-26)41(38,39)27-14-11-22(3)12-15-27/h7-17,21,24H,18-20H2,1-6H3,(H,33,37)/t24-/m1/s1. The van der Waals surface area contributed by atoms with Gasteiger partial charge in [0.25, 0.3) is 10.0 Å². The Labute approximate surface area is 248 Å². The van der Waals surface area contributed by atoms with Gasteiger partial charge in [0, 0.05) is 13.1 Å². The molecular weight excluding hydrogens is 562 g/mol. The molecule has 220 valence electrons. The molecule has 0 aliphatic heterocycles. The smallest absolute Gasteiger partial charge is 0.264 e. The van der Waals surface area contributed by atoms with Gasteiger partial charge in [-0.2, -0.15) is 0 Å². The van der Waals surface area contributed by atoms with E-state index in [9.17, 15) is 18.0 Å². The lowest BCUT2D eigenvalue weighted by molar-refractivity contribution is -0.139. The van der Waals surface area contributed by atoms with E-state index in [0.29, 0.717) is 12.3 Å². The van der Waals surface area contributed by atoms with Crippen LogP contribution in [0.4, 0.5) is 5.69 Å². The normalized spacial score (nSPS) is 12.1. The molecule has 10 heteroatoms. The summed E-state index contributed by atoms with van der Waals surface area (Å²) in [6, 6.07) is 17.6. The Kier molecular flexibility index (Phi) is 10.8. The lowest BCUT2D eigenvalue weighted by Crippen LogP contribution is -2.51. The average Bonchev–Trinajstić information content (AvgIpc) is 2.93. The number of hydrogen-bond donors (Lipinski definition) is 1. The van der Waals surface area contributed by atoms with Crippen LogP contribution in [0.3, 0.4) is 0 Å². The number of aryl methyl sites for hydroxylation is 2. The van der Waals surface area contributed by atoms with E-state index in [0.717, 1.165) is 21.0 Å². The van der Waals surface area contributed by atoms with Gasteiger partial charge in [0.1, 0.15) is 18.3 Å². The zero-order chi connectivity index (χ0) is 30.3. The van der Waals surface area contributed by atoms with Crippen molar-refractivity contribution in [2.24, 2.45) is 5.92 Å². The van der Waals surface area contributed by atoms with Crippen LogP contribution < -0.4 is 14.4 Å². The Morgan fingerprint density at radius 1 is 0.976 bits per heavy atom. The first-order chi connectivity index (χ1) is 19.3. The lowest BCUT2D eigenvalue weighted by Gasteiger charge is -2.32. The largest absolute Gasteiger partial charge is 0.495 e. The third kappa shape index (κ3) is 8.01.